The van der Waals surface area contributed by atoms with E-state index in [1.165, 1.54) is 6.26 Å². The van der Waals surface area contributed by atoms with Crippen LogP contribution in [0.1, 0.15) is 16.1 Å². The van der Waals surface area contributed by atoms with Gasteiger partial charge in [0.2, 0.25) is 5.95 Å². The summed E-state index contributed by atoms with van der Waals surface area (Å²) in [7, 11) is 0. The molecule has 0 radical (unpaired) electrons. The number of hydrogen-bond acceptors (Lipinski definition) is 4. The van der Waals surface area contributed by atoms with Crippen molar-refractivity contribution < 1.29 is 9.21 Å². The average Bonchev–Trinajstić information content (AvgIpc) is 2.66. The molecule has 5 heteroatoms. The van der Waals surface area contributed by atoms with E-state index in [0.29, 0.717) is 11.3 Å². The molecule has 0 saturated heterocycles. The monoisotopic (exact) mass is 203 g/mol. The second-order valence-corrected chi connectivity index (χ2v) is 2.92. The minimum absolute atomic E-state index is 0.271. The quantitative estimate of drug-likeness (QED) is 0.805. The van der Waals surface area contributed by atoms with Gasteiger partial charge in [-0.25, -0.2) is 9.97 Å². The molecule has 0 aromatic carbocycles. The van der Waals surface area contributed by atoms with E-state index in [1.807, 2.05) is 0 Å². The summed E-state index contributed by atoms with van der Waals surface area (Å²) >= 11 is 0. The van der Waals surface area contributed by atoms with Crippen LogP contribution >= 0.6 is 0 Å². The maximum Gasteiger partial charge on any atom is 0.261 e. The van der Waals surface area contributed by atoms with E-state index in [9.17, 15) is 4.79 Å². The molecule has 2 rings (SSSR count). The molecule has 76 valence electrons. The van der Waals surface area contributed by atoms with E-state index in [-0.39, 0.29) is 11.9 Å². The first-order chi connectivity index (χ1) is 7.27. The van der Waals surface area contributed by atoms with Gasteiger partial charge >= 0.3 is 0 Å². The van der Waals surface area contributed by atoms with Gasteiger partial charge < -0.3 is 4.42 Å². The summed E-state index contributed by atoms with van der Waals surface area (Å²) in [5.74, 6) is 0.582. The van der Waals surface area contributed by atoms with Crippen molar-refractivity contribution in [3.05, 3.63) is 42.1 Å². The lowest BCUT2D eigenvalue weighted by molar-refractivity contribution is 0.102. The predicted octanol–water partition coefficient (Wildman–Crippen LogP) is 1.63. The van der Waals surface area contributed by atoms with Crippen LogP contribution in [0, 0.1) is 6.92 Å². The molecule has 0 aliphatic heterocycles. The SMILES string of the molecule is Cc1occc1C(=O)Nc1ncccn1. The fraction of sp³-hybridized carbons (Fsp3) is 0.100. The van der Waals surface area contributed by atoms with Crippen LogP contribution in [0.2, 0.25) is 0 Å². The number of aromatic nitrogens is 2. The van der Waals surface area contributed by atoms with Crippen molar-refractivity contribution in [3.63, 3.8) is 0 Å². The molecule has 2 heterocycles. The standard InChI is InChI=1S/C10H9N3O2/c1-7-8(3-6-15-7)9(14)13-10-11-4-2-5-12-10/h2-6H,1H3,(H,11,12,13,14). The maximum atomic E-state index is 11.6. The third kappa shape index (κ3) is 2.01. The Bertz CT molecular complexity index is 465. The second-order valence-electron chi connectivity index (χ2n) is 2.92. The highest BCUT2D eigenvalue weighted by Gasteiger charge is 2.11. The first-order valence-electron chi connectivity index (χ1n) is 4.40. The Morgan fingerprint density at radius 2 is 2.13 bits per heavy atom. The average molecular weight is 203 g/mol. The fourth-order valence-electron chi connectivity index (χ4n) is 1.15. The van der Waals surface area contributed by atoms with Gasteiger partial charge in [0, 0.05) is 12.4 Å². The lowest BCUT2D eigenvalue weighted by Gasteiger charge is -2.00. The van der Waals surface area contributed by atoms with Crippen molar-refractivity contribution in [1.29, 1.82) is 0 Å². The Morgan fingerprint density at radius 1 is 1.40 bits per heavy atom. The smallest absolute Gasteiger partial charge is 0.261 e. The van der Waals surface area contributed by atoms with Crippen molar-refractivity contribution in [2.45, 2.75) is 6.92 Å². The van der Waals surface area contributed by atoms with E-state index in [0.717, 1.165) is 0 Å². The summed E-state index contributed by atoms with van der Waals surface area (Å²) in [5.41, 5.74) is 0.488. The van der Waals surface area contributed by atoms with E-state index in [1.54, 1.807) is 31.5 Å². The van der Waals surface area contributed by atoms with Gasteiger partial charge in [0.15, 0.2) is 0 Å². The summed E-state index contributed by atoms with van der Waals surface area (Å²) in [6.45, 7) is 1.72. The first-order valence-corrected chi connectivity index (χ1v) is 4.40. The Morgan fingerprint density at radius 3 is 2.73 bits per heavy atom. The summed E-state index contributed by atoms with van der Waals surface area (Å²) in [4.78, 5) is 19.4. The van der Waals surface area contributed by atoms with Crippen LogP contribution < -0.4 is 5.32 Å². The lowest BCUT2D eigenvalue weighted by Crippen LogP contribution is -2.14. The van der Waals surface area contributed by atoms with Crippen molar-refractivity contribution in [3.8, 4) is 0 Å². The molecule has 0 spiro atoms. The molecule has 1 amide bonds. The van der Waals surface area contributed by atoms with Crippen LogP contribution in [0.4, 0.5) is 5.95 Å². The van der Waals surface area contributed by atoms with Crippen LogP contribution in [-0.4, -0.2) is 15.9 Å². The molecule has 0 aliphatic rings. The number of nitrogens with zero attached hydrogens (tertiary/aromatic N) is 2. The van der Waals surface area contributed by atoms with Gasteiger partial charge in [-0.1, -0.05) is 0 Å². The molecule has 0 atom stereocenters. The Hall–Kier alpha value is -2.17. The van der Waals surface area contributed by atoms with Gasteiger partial charge in [0.05, 0.1) is 11.8 Å². The van der Waals surface area contributed by atoms with Crippen molar-refractivity contribution in [2.24, 2.45) is 0 Å². The Kier molecular flexibility index (Phi) is 2.45. The number of furan rings is 1. The molecule has 15 heavy (non-hydrogen) atoms. The Labute approximate surface area is 86.2 Å². The Balaban J connectivity index is 2.15. The highest BCUT2D eigenvalue weighted by Crippen LogP contribution is 2.10. The van der Waals surface area contributed by atoms with E-state index in [4.69, 9.17) is 4.42 Å². The van der Waals surface area contributed by atoms with Crippen molar-refractivity contribution in [1.82, 2.24) is 9.97 Å². The molecule has 5 nitrogen and oxygen atoms in total. The number of anilines is 1. The number of hydrogen-bond donors (Lipinski definition) is 1. The molecule has 0 fully saturated rings. The maximum absolute atomic E-state index is 11.6. The van der Waals surface area contributed by atoms with E-state index >= 15 is 0 Å². The number of nitrogens with one attached hydrogen (secondary N) is 1. The fourth-order valence-corrected chi connectivity index (χ4v) is 1.15. The highest BCUT2D eigenvalue weighted by molar-refractivity contribution is 6.03. The first kappa shape index (κ1) is 9.39. The normalized spacial score (nSPS) is 9.93. The zero-order valence-electron chi connectivity index (χ0n) is 8.10. The van der Waals surface area contributed by atoms with Gasteiger partial charge in [0.1, 0.15) is 5.76 Å². The highest BCUT2D eigenvalue weighted by atomic mass is 16.3. The summed E-state index contributed by atoms with van der Waals surface area (Å²) in [5, 5.41) is 2.56. The van der Waals surface area contributed by atoms with Gasteiger partial charge in [-0.15, -0.1) is 0 Å². The van der Waals surface area contributed by atoms with Crippen LogP contribution in [0.15, 0.2) is 35.2 Å². The summed E-state index contributed by atoms with van der Waals surface area (Å²) in [6, 6.07) is 3.28. The number of amides is 1. The zero-order chi connectivity index (χ0) is 10.7. The molecular weight excluding hydrogens is 194 g/mol. The molecule has 0 bridgehead atoms. The summed E-state index contributed by atoms with van der Waals surface area (Å²) in [6.07, 6.45) is 4.59. The lowest BCUT2D eigenvalue weighted by atomic mass is 10.2. The van der Waals surface area contributed by atoms with E-state index in [2.05, 4.69) is 15.3 Å². The minimum atomic E-state index is -0.271. The molecule has 2 aromatic rings. The third-order valence-corrected chi connectivity index (χ3v) is 1.89. The number of carbonyl (C=O) groups is 1. The topological polar surface area (TPSA) is 68.0 Å². The molecule has 2 aromatic heterocycles. The largest absolute Gasteiger partial charge is 0.469 e. The van der Waals surface area contributed by atoms with Gasteiger partial charge in [0.25, 0.3) is 5.91 Å². The molecule has 0 saturated carbocycles. The van der Waals surface area contributed by atoms with Crippen molar-refractivity contribution >= 4 is 11.9 Å². The predicted molar refractivity (Wildman–Crippen MR) is 53.4 cm³/mol. The van der Waals surface area contributed by atoms with Crippen LogP contribution in [0.5, 0.6) is 0 Å². The molecule has 1 N–H and O–H groups in total. The van der Waals surface area contributed by atoms with Gasteiger partial charge in [-0.2, -0.15) is 0 Å². The van der Waals surface area contributed by atoms with E-state index < -0.39 is 0 Å². The number of carbonyl (C=O) groups excluding carboxylic acids is 1. The molecule has 0 unspecified atom stereocenters. The van der Waals surface area contributed by atoms with Crippen LogP contribution in [-0.2, 0) is 0 Å². The molecular formula is C10H9N3O2. The number of aryl methyl sites for hydroxylation is 1. The summed E-state index contributed by atoms with van der Waals surface area (Å²) < 4.78 is 5.02. The zero-order valence-corrected chi connectivity index (χ0v) is 8.10. The van der Waals surface area contributed by atoms with Crippen LogP contribution in [0.25, 0.3) is 0 Å². The van der Waals surface area contributed by atoms with Gasteiger partial charge in [-0.3, -0.25) is 10.1 Å². The van der Waals surface area contributed by atoms with Gasteiger partial charge in [-0.05, 0) is 19.1 Å². The minimum Gasteiger partial charge on any atom is -0.469 e. The van der Waals surface area contributed by atoms with Crippen LogP contribution in [0.3, 0.4) is 0 Å². The second kappa shape index (κ2) is 3.91. The third-order valence-electron chi connectivity index (χ3n) is 1.89. The molecule has 0 aliphatic carbocycles. The van der Waals surface area contributed by atoms with Crippen molar-refractivity contribution in [2.75, 3.05) is 5.32 Å². The number of rotatable bonds is 2.